The predicted octanol–water partition coefficient (Wildman–Crippen LogP) is 3.07. The molecule has 0 aliphatic rings. The second kappa shape index (κ2) is 5.81. The number of rotatable bonds is 4. The third-order valence-electron chi connectivity index (χ3n) is 2.81. The highest BCUT2D eigenvalue weighted by molar-refractivity contribution is 6.00. The van der Waals surface area contributed by atoms with E-state index >= 15 is 0 Å². The van der Waals surface area contributed by atoms with Gasteiger partial charge in [0.25, 0.3) is 5.91 Å². The zero-order valence-corrected chi connectivity index (χ0v) is 11.2. The number of nitrogens with one attached hydrogen (secondary N) is 1. The molecule has 0 fully saturated rings. The molecule has 106 valence electrons. The fraction of sp³-hybridized carbons (Fsp3) is 0.286. The molecule has 0 atom stereocenters. The number of carbonyl (C=O) groups is 1. The minimum atomic E-state index is -0.789. The Labute approximate surface area is 114 Å². The summed E-state index contributed by atoms with van der Waals surface area (Å²) in [5, 5.41) is 6.39. The average Bonchev–Trinajstić information content (AvgIpc) is 2.78. The van der Waals surface area contributed by atoms with Crippen LogP contribution in [-0.4, -0.2) is 17.6 Å². The minimum absolute atomic E-state index is 0.0323. The topological polar surface area (TPSA) is 55.1 Å². The number of halogens is 2. The molecule has 0 radical (unpaired) electrons. The molecule has 2 rings (SSSR count). The third kappa shape index (κ3) is 2.68. The van der Waals surface area contributed by atoms with E-state index in [2.05, 4.69) is 10.5 Å². The van der Waals surface area contributed by atoms with Gasteiger partial charge in [0.1, 0.15) is 28.7 Å². The van der Waals surface area contributed by atoms with Gasteiger partial charge in [-0.05, 0) is 25.5 Å². The lowest BCUT2D eigenvalue weighted by atomic mass is 10.0. The van der Waals surface area contributed by atoms with E-state index in [1.54, 1.807) is 6.92 Å². The molecule has 0 bridgehead atoms. The molecular formula is C14H14F2N2O2. The van der Waals surface area contributed by atoms with E-state index in [0.717, 1.165) is 18.6 Å². The third-order valence-corrected chi connectivity index (χ3v) is 2.81. The zero-order chi connectivity index (χ0) is 14.7. The fourth-order valence-corrected chi connectivity index (χ4v) is 1.83. The lowest BCUT2D eigenvalue weighted by Crippen LogP contribution is -2.24. The number of benzene rings is 1. The summed E-state index contributed by atoms with van der Waals surface area (Å²) in [6, 6.07) is 3.09. The van der Waals surface area contributed by atoms with Gasteiger partial charge in [0.05, 0.1) is 0 Å². The molecule has 1 N–H and O–H groups in total. The molecule has 0 saturated heterocycles. The number of hydrogen-bond donors (Lipinski definition) is 1. The minimum Gasteiger partial charge on any atom is -0.360 e. The first-order chi connectivity index (χ1) is 9.54. The zero-order valence-electron chi connectivity index (χ0n) is 11.2. The average molecular weight is 280 g/mol. The van der Waals surface area contributed by atoms with Crippen molar-refractivity contribution in [2.75, 3.05) is 6.54 Å². The van der Waals surface area contributed by atoms with Crippen molar-refractivity contribution in [2.45, 2.75) is 20.3 Å². The first-order valence-corrected chi connectivity index (χ1v) is 6.24. The van der Waals surface area contributed by atoms with Gasteiger partial charge in [0.2, 0.25) is 0 Å². The summed E-state index contributed by atoms with van der Waals surface area (Å²) in [5.41, 5.74) is 0.280. The Bertz CT molecular complexity index is 638. The van der Waals surface area contributed by atoms with E-state index in [0.29, 0.717) is 6.54 Å². The normalized spacial score (nSPS) is 10.6. The second-order valence-corrected chi connectivity index (χ2v) is 4.34. The molecule has 0 unspecified atom stereocenters. The molecular weight excluding hydrogens is 266 g/mol. The highest BCUT2D eigenvalue weighted by Crippen LogP contribution is 2.27. The number of nitrogens with zero attached hydrogens (tertiary/aromatic N) is 1. The molecule has 0 aliphatic heterocycles. The smallest absolute Gasteiger partial charge is 0.257 e. The van der Waals surface area contributed by atoms with Crippen molar-refractivity contribution < 1.29 is 18.1 Å². The molecule has 1 amide bonds. The highest BCUT2D eigenvalue weighted by atomic mass is 19.1. The van der Waals surface area contributed by atoms with Crippen molar-refractivity contribution in [3.63, 3.8) is 0 Å². The van der Waals surface area contributed by atoms with Crippen LogP contribution in [0.2, 0.25) is 0 Å². The van der Waals surface area contributed by atoms with Crippen molar-refractivity contribution >= 4 is 5.91 Å². The summed E-state index contributed by atoms with van der Waals surface area (Å²) in [6.07, 6.45) is 0.774. The maximum Gasteiger partial charge on any atom is 0.257 e. The Morgan fingerprint density at radius 2 is 2.15 bits per heavy atom. The summed E-state index contributed by atoms with van der Waals surface area (Å²) in [7, 11) is 0. The van der Waals surface area contributed by atoms with Crippen LogP contribution < -0.4 is 5.32 Å². The molecule has 2 aromatic rings. The number of aryl methyl sites for hydroxylation is 1. The van der Waals surface area contributed by atoms with Gasteiger partial charge < -0.3 is 9.84 Å². The SMILES string of the molecule is CCCNC(=O)c1c(-c2ccc(F)cc2F)noc1C. The maximum absolute atomic E-state index is 13.8. The Hall–Kier alpha value is -2.24. The van der Waals surface area contributed by atoms with Crippen LogP contribution in [0, 0.1) is 18.6 Å². The number of carbonyl (C=O) groups excluding carboxylic acids is 1. The lowest BCUT2D eigenvalue weighted by Gasteiger charge is -2.05. The van der Waals surface area contributed by atoms with Gasteiger partial charge in [-0.25, -0.2) is 8.78 Å². The quantitative estimate of drug-likeness (QED) is 0.936. The molecule has 1 aromatic carbocycles. The van der Waals surface area contributed by atoms with Crippen LogP contribution in [0.5, 0.6) is 0 Å². The molecule has 20 heavy (non-hydrogen) atoms. The van der Waals surface area contributed by atoms with E-state index < -0.39 is 11.6 Å². The number of aromatic nitrogens is 1. The standard InChI is InChI=1S/C14H14F2N2O2/c1-3-6-17-14(19)12-8(2)20-18-13(12)10-5-4-9(15)7-11(10)16/h4-5,7H,3,6H2,1-2H3,(H,17,19). The van der Waals surface area contributed by atoms with Crippen LogP contribution in [0.25, 0.3) is 11.3 Å². The van der Waals surface area contributed by atoms with Gasteiger partial charge in [0, 0.05) is 18.2 Å². The van der Waals surface area contributed by atoms with Gasteiger partial charge in [-0.1, -0.05) is 12.1 Å². The predicted molar refractivity (Wildman–Crippen MR) is 69.2 cm³/mol. The first kappa shape index (κ1) is 14.2. The van der Waals surface area contributed by atoms with E-state index in [4.69, 9.17) is 4.52 Å². The van der Waals surface area contributed by atoms with Crippen molar-refractivity contribution in [1.82, 2.24) is 10.5 Å². The summed E-state index contributed by atoms with van der Waals surface area (Å²) < 4.78 is 31.7. The Morgan fingerprint density at radius 3 is 2.80 bits per heavy atom. The highest BCUT2D eigenvalue weighted by Gasteiger charge is 2.23. The van der Waals surface area contributed by atoms with Gasteiger partial charge in [-0.3, -0.25) is 4.79 Å². The first-order valence-electron chi connectivity index (χ1n) is 6.24. The summed E-state index contributed by atoms with van der Waals surface area (Å²) in [4.78, 5) is 12.1. The molecule has 0 aliphatic carbocycles. The van der Waals surface area contributed by atoms with Crippen molar-refractivity contribution in [2.24, 2.45) is 0 Å². The van der Waals surface area contributed by atoms with Gasteiger partial charge in [-0.2, -0.15) is 0 Å². The van der Waals surface area contributed by atoms with Crippen LogP contribution in [0.15, 0.2) is 22.7 Å². The van der Waals surface area contributed by atoms with Crippen LogP contribution in [0.4, 0.5) is 8.78 Å². The second-order valence-electron chi connectivity index (χ2n) is 4.34. The van der Waals surface area contributed by atoms with Crippen molar-refractivity contribution in [1.29, 1.82) is 0 Å². The summed E-state index contributed by atoms with van der Waals surface area (Å²) in [6.45, 7) is 3.98. The van der Waals surface area contributed by atoms with Gasteiger partial charge in [0.15, 0.2) is 0 Å². The van der Waals surface area contributed by atoms with E-state index in [1.165, 1.54) is 6.07 Å². The molecule has 6 heteroatoms. The lowest BCUT2D eigenvalue weighted by molar-refractivity contribution is 0.0952. The Balaban J connectivity index is 2.45. The molecule has 1 aromatic heterocycles. The molecule has 0 spiro atoms. The van der Waals surface area contributed by atoms with Crippen LogP contribution >= 0.6 is 0 Å². The van der Waals surface area contributed by atoms with Crippen LogP contribution in [-0.2, 0) is 0 Å². The monoisotopic (exact) mass is 280 g/mol. The summed E-state index contributed by atoms with van der Waals surface area (Å²) >= 11 is 0. The Kier molecular flexibility index (Phi) is 4.12. The Morgan fingerprint density at radius 1 is 1.40 bits per heavy atom. The summed E-state index contributed by atoms with van der Waals surface area (Å²) in [5.74, 6) is -1.58. The largest absolute Gasteiger partial charge is 0.360 e. The van der Waals surface area contributed by atoms with Crippen molar-refractivity contribution in [3.8, 4) is 11.3 Å². The van der Waals surface area contributed by atoms with Gasteiger partial charge >= 0.3 is 0 Å². The van der Waals surface area contributed by atoms with Crippen LogP contribution in [0.3, 0.4) is 0 Å². The van der Waals surface area contributed by atoms with E-state index in [-0.39, 0.29) is 28.5 Å². The fourth-order valence-electron chi connectivity index (χ4n) is 1.83. The molecule has 1 heterocycles. The van der Waals surface area contributed by atoms with Gasteiger partial charge in [-0.15, -0.1) is 0 Å². The maximum atomic E-state index is 13.8. The molecule has 0 saturated carbocycles. The van der Waals surface area contributed by atoms with E-state index in [1.807, 2.05) is 6.92 Å². The van der Waals surface area contributed by atoms with Crippen molar-refractivity contribution in [3.05, 3.63) is 41.2 Å². The van der Waals surface area contributed by atoms with Crippen LogP contribution in [0.1, 0.15) is 29.5 Å². The number of hydrogen-bond acceptors (Lipinski definition) is 3. The van der Waals surface area contributed by atoms with E-state index in [9.17, 15) is 13.6 Å². The molecule has 4 nitrogen and oxygen atoms in total. The number of amides is 1.